The number of carbonyl (C=O) groups is 1. The molecule has 2 unspecified atom stereocenters. The van der Waals surface area contributed by atoms with Crippen LogP contribution in [-0.2, 0) is 4.74 Å². The number of aryl methyl sites for hydroxylation is 1. The Balaban J connectivity index is 1.01. The number of aromatic nitrogens is 3. The molecule has 8 nitrogen and oxygen atoms in total. The summed E-state index contributed by atoms with van der Waals surface area (Å²) in [6, 6.07) is 20.7. The Kier molecular flexibility index (Phi) is 6.53. The van der Waals surface area contributed by atoms with Crippen LogP contribution >= 0.6 is 0 Å². The number of rotatable bonds is 6. The molecule has 0 saturated carbocycles. The lowest BCUT2D eigenvalue weighted by atomic mass is 9.98. The molecule has 8 heteroatoms. The number of carbonyl (C=O) groups excluding carboxylic acids is 1. The quantitative estimate of drug-likeness (QED) is 0.268. The lowest BCUT2D eigenvalue weighted by Crippen LogP contribution is -2.49. The summed E-state index contributed by atoms with van der Waals surface area (Å²) in [5.74, 6) is 1.66. The second kappa shape index (κ2) is 10.5. The van der Waals surface area contributed by atoms with E-state index in [1.54, 1.807) is 6.20 Å². The monoisotopic (exact) mass is 548 g/mol. The third kappa shape index (κ3) is 4.67. The zero-order chi connectivity index (χ0) is 27.9. The van der Waals surface area contributed by atoms with Gasteiger partial charge in [0.2, 0.25) is 11.8 Å². The van der Waals surface area contributed by atoms with E-state index >= 15 is 0 Å². The first-order valence-corrected chi connectivity index (χ1v) is 14.3. The van der Waals surface area contributed by atoms with Crippen molar-refractivity contribution in [2.75, 3.05) is 6.61 Å². The van der Waals surface area contributed by atoms with Crippen LogP contribution in [0.4, 0.5) is 4.79 Å². The summed E-state index contributed by atoms with van der Waals surface area (Å²) in [5, 5.41) is 0. The summed E-state index contributed by atoms with van der Waals surface area (Å²) in [6.45, 7) is 4.13. The van der Waals surface area contributed by atoms with E-state index in [1.165, 1.54) is 28.6 Å². The molecular weight excluding hydrogens is 516 g/mol. The van der Waals surface area contributed by atoms with E-state index in [2.05, 4.69) is 63.5 Å². The number of hydrogen-bond acceptors (Lipinski definition) is 7. The van der Waals surface area contributed by atoms with Crippen LogP contribution < -0.4 is 9.47 Å². The molecule has 0 spiro atoms. The number of hydrogen-bond donors (Lipinski definition) is 0. The van der Waals surface area contributed by atoms with Gasteiger partial charge in [-0.25, -0.2) is 14.8 Å². The molecule has 7 rings (SSSR count). The smallest absolute Gasteiger partial charge is 0.410 e. The van der Waals surface area contributed by atoms with Crippen LogP contribution in [0.2, 0.25) is 0 Å². The van der Waals surface area contributed by atoms with Gasteiger partial charge in [-0.15, -0.1) is 0 Å². The van der Waals surface area contributed by atoms with Gasteiger partial charge in [0.15, 0.2) is 5.75 Å². The first-order valence-electron chi connectivity index (χ1n) is 14.3. The minimum atomic E-state index is -0.224. The van der Waals surface area contributed by atoms with Crippen molar-refractivity contribution in [2.45, 2.75) is 63.6 Å². The third-order valence-electron chi connectivity index (χ3n) is 8.67. The van der Waals surface area contributed by atoms with Gasteiger partial charge in [0.1, 0.15) is 19.0 Å². The predicted octanol–water partition coefficient (Wildman–Crippen LogP) is 6.60. The standard InChI is InChI=1S/C33H32N4O4/c1-20-31(35-19-36-32(20)41-30-12-7-15-34-21(30)2)40-24-16-22-13-14-23(17-24)37(22)33(38)39-18-29-27-10-5-3-8-25(27)26-9-4-6-11-28(26)29/h3-12,15,19,22-24,29H,13-14,16-18H2,1-2H3. The second-order valence-electron chi connectivity index (χ2n) is 11.1. The molecule has 0 radical (unpaired) electrons. The number of pyridine rings is 1. The maximum Gasteiger partial charge on any atom is 0.410 e. The van der Waals surface area contributed by atoms with Crippen molar-refractivity contribution in [3.05, 3.63) is 95.6 Å². The van der Waals surface area contributed by atoms with Crippen LogP contribution in [0, 0.1) is 13.8 Å². The fourth-order valence-corrected chi connectivity index (χ4v) is 6.67. The topological polar surface area (TPSA) is 86.7 Å². The minimum absolute atomic E-state index is 0.0493. The molecule has 1 aliphatic carbocycles. The molecule has 2 saturated heterocycles. The molecule has 2 atom stereocenters. The molecule has 41 heavy (non-hydrogen) atoms. The van der Waals surface area contributed by atoms with E-state index in [-0.39, 0.29) is 30.2 Å². The van der Waals surface area contributed by atoms with Crippen LogP contribution in [0.25, 0.3) is 11.1 Å². The molecular formula is C33H32N4O4. The third-order valence-corrected chi connectivity index (χ3v) is 8.67. The predicted molar refractivity (Wildman–Crippen MR) is 153 cm³/mol. The summed E-state index contributed by atoms with van der Waals surface area (Å²) in [7, 11) is 0. The van der Waals surface area contributed by atoms with Gasteiger partial charge in [0.25, 0.3) is 0 Å². The number of piperidine rings is 1. The number of ether oxygens (including phenoxy) is 3. The lowest BCUT2D eigenvalue weighted by molar-refractivity contribution is 0.0307. The van der Waals surface area contributed by atoms with E-state index in [4.69, 9.17) is 14.2 Å². The average molecular weight is 549 g/mol. The maximum absolute atomic E-state index is 13.4. The van der Waals surface area contributed by atoms with Gasteiger partial charge in [0, 0.05) is 37.0 Å². The Morgan fingerprint density at radius 3 is 2.20 bits per heavy atom. The van der Waals surface area contributed by atoms with Gasteiger partial charge >= 0.3 is 6.09 Å². The maximum atomic E-state index is 13.4. The van der Waals surface area contributed by atoms with Gasteiger partial charge in [-0.05, 0) is 61.1 Å². The van der Waals surface area contributed by atoms with Crippen molar-refractivity contribution in [1.29, 1.82) is 0 Å². The molecule has 208 valence electrons. The molecule has 3 aliphatic rings. The summed E-state index contributed by atoms with van der Waals surface area (Å²) >= 11 is 0. The van der Waals surface area contributed by atoms with E-state index in [0.717, 1.165) is 36.9 Å². The first kappa shape index (κ1) is 25.5. The fourth-order valence-electron chi connectivity index (χ4n) is 6.67. The molecule has 2 fully saturated rings. The SMILES string of the molecule is Cc1ncccc1Oc1ncnc(OC2CC3CCC(C2)N3C(=O)OCC2c3ccccc3-c3ccccc32)c1C. The molecule has 4 aromatic rings. The first-order chi connectivity index (χ1) is 20.1. The fraction of sp³-hybridized carbons (Fsp3) is 0.333. The van der Waals surface area contributed by atoms with Crippen LogP contribution in [0.1, 0.15) is 54.0 Å². The number of benzene rings is 2. The normalized spacial score (nSPS) is 20.8. The Labute approximate surface area is 239 Å². The van der Waals surface area contributed by atoms with Crippen molar-refractivity contribution in [2.24, 2.45) is 0 Å². The van der Waals surface area contributed by atoms with E-state index in [9.17, 15) is 4.79 Å². The van der Waals surface area contributed by atoms with Crippen LogP contribution in [0.3, 0.4) is 0 Å². The van der Waals surface area contributed by atoms with Crippen LogP contribution in [0.5, 0.6) is 17.5 Å². The van der Waals surface area contributed by atoms with E-state index in [0.29, 0.717) is 24.1 Å². The summed E-state index contributed by atoms with van der Waals surface area (Å²) in [4.78, 5) is 28.4. The van der Waals surface area contributed by atoms with E-state index in [1.807, 2.05) is 30.9 Å². The highest BCUT2D eigenvalue weighted by Crippen LogP contribution is 2.45. The highest BCUT2D eigenvalue weighted by Gasteiger charge is 2.45. The minimum Gasteiger partial charge on any atom is -0.474 e. The van der Waals surface area contributed by atoms with Crippen LogP contribution in [0.15, 0.2) is 73.2 Å². The molecule has 0 N–H and O–H groups in total. The van der Waals surface area contributed by atoms with Crippen molar-refractivity contribution in [1.82, 2.24) is 19.9 Å². The average Bonchev–Trinajstić information content (AvgIpc) is 3.46. The number of nitrogens with zero attached hydrogens (tertiary/aromatic N) is 4. The summed E-state index contributed by atoms with van der Waals surface area (Å²) < 4.78 is 18.4. The zero-order valence-corrected chi connectivity index (χ0v) is 23.2. The van der Waals surface area contributed by atoms with E-state index < -0.39 is 0 Å². The molecule has 2 aliphatic heterocycles. The molecule has 4 heterocycles. The summed E-state index contributed by atoms with van der Waals surface area (Å²) in [6.07, 6.45) is 6.30. The largest absolute Gasteiger partial charge is 0.474 e. The summed E-state index contributed by atoms with van der Waals surface area (Å²) in [5.41, 5.74) is 6.42. The molecule has 2 aromatic carbocycles. The zero-order valence-electron chi connectivity index (χ0n) is 23.2. The van der Waals surface area contributed by atoms with Gasteiger partial charge in [0.05, 0.1) is 11.3 Å². The van der Waals surface area contributed by atoms with Gasteiger partial charge in [-0.2, -0.15) is 0 Å². The second-order valence-corrected chi connectivity index (χ2v) is 11.1. The van der Waals surface area contributed by atoms with Gasteiger partial charge < -0.3 is 19.1 Å². The number of amides is 1. The van der Waals surface area contributed by atoms with Crippen molar-refractivity contribution in [3.8, 4) is 28.6 Å². The van der Waals surface area contributed by atoms with Gasteiger partial charge in [-0.3, -0.25) is 4.98 Å². The molecule has 2 bridgehead atoms. The molecule has 2 aromatic heterocycles. The highest BCUT2D eigenvalue weighted by molar-refractivity contribution is 5.79. The van der Waals surface area contributed by atoms with Crippen molar-refractivity contribution < 1.29 is 19.0 Å². The Bertz CT molecular complexity index is 1550. The van der Waals surface area contributed by atoms with Crippen molar-refractivity contribution >= 4 is 6.09 Å². The van der Waals surface area contributed by atoms with Gasteiger partial charge in [-0.1, -0.05) is 48.5 Å². The Morgan fingerprint density at radius 2 is 1.51 bits per heavy atom. The number of fused-ring (bicyclic) bond motifs is 5. The Hall–Kier alpha value is -4.46. The highest BCUT2D eigenvalue weighted by atomic mass is 16.6. The lowest BCUT2D eigenvalue weighted by Gasteiger charge is -2.38. The Morgan fingerprint density at radius 1 is 0.854 bits per heavy atom. The molecule has 1 amide bonds. The van der Waals surface area contributed by atoms with Crippen LogP contribution in [-0.4, -0.2) is 50.7 Å². The van der Waals surface area contributed by atoms with Crippen molar-refractivity contribution in [3.63, 3.8) is 0 Å².